The van der Waals surface area contributed by atoms with Crippen molar-refractivity contribution in [2.45, 2.75) is 0 Å². The van der Waals surface area contributed by atoms with Gasteiger partial charge in [0, 0.05) is 7.11 Å². The topological polar surface area (TPSA) is 76.7 Å². The Balaban J connectivity index is 2.30. The van der Waals surface area contributed by atoms with Gasteiger partial charge in [0.25, 0.3) is 11.8 Å². The molecule has 2 amide bonds. The molecule has 0 aliphatic heterocycles. The summed E-state index contributed by atoms with van der Waals surface area (Å²) >= 11 is 5.85. The predicted octanol–water partition coefficient (Wildman–Crippen LogP) is 0.764. The lowest BCUT2D eigenvalue weighted by Gasteiger charge is -2.07. The third kappa shape index (κ3) is 5.69. The molecule has 104 valence electrons. The van der Waals surface area contributed by atoms with E-state index < -0.39 is 11.8 Å². The number of hydroxylamine groups is 1. The van der Waals surface area contributed by atoms with Crippen molar-refractivity contribution >= 4 is 23.4 Å². The lowest BCUT2D eigenvalue weighted by Crippen LogP contribution is -2.37. The van der Waals surface area contributed by atoms with Crippen LogP contribution in [0.2, 0.25) is 5.02 Å². The van der Waals surface area contributed by atoms with Crippen LogP contribution < -0.4 is 10.8 Å². The molecule has 0 aliphatic rings. The van der Waals surface area contributed by atoms with E-state index in [2.05, 4.69) is 10.8 Å². The number of hydrogen-bond donors (Lipinski definition) is 2. The first-order valence-corrected chi connectivity index (χ1v) is 5.95. The summed E-state index contributed by atoms with van der Waals surface area (Å²) in [4.78, 5) is 27.8. The average Bonchev–Trinajstić information content (AvgIpc) is 2.41. The molecule has 7 heteroatoms. The van der Waals surface area contributed by atoms with E-state index in [1.54, 1.807) is 24.3 Å². The van der Waals surface area contributed by atoms with Crippen LogP contribution in [0.5, 0.6) is 0 Å². The summed E-state index contributed by atoms with van der Waals surface area (Å²) in [6, 6.07) is 6.58. The van der Waals surface area contributed by atoms with Crippen LogP contribution in [-0.2, 0) is 14.4 Å². The second-order valence-corrected chi connectivity index (χ2v) is 3.94. The van der Waals surface area contributed by atoms with Crippen molar-refractivity contribution in [1.29, 1.82) is 0 Å². The van der Waals surface area contributed by atoms with Crippen molar-refractivity contribution in [3.05, 3.63) is 34.9 Å². The molecule has 0 spiro atoms. The monoisotopic (exact) mass is 286 g/mol. The number of nitrogens with one attached hydrogen (secondary N) is 2. The minimum Gasteiger partial charge on any atom is -0.382 e. The van der Waals surface area contributed by atoms with E-state index in [1.165, 1.54) is 7.11 Å². The second kappa shape index (κ2) is 8.47. The van der Waals surface area contributed by atoms with Crippen molar-refractivity contribution in [1.82, 2.24) is 10.8 Å². The van der Waals surface area contributed by atoms with E-state index in [1.807, 2.05) is 0 Å². The van der Waals surface area contributed by atoms with E-state index in [-0.39, 0.29) is 13.2 Å². The zero-order chi connectivity index (χ0) is 14.1. The van der Waals surface area contributed by atoms with Crippen molar-refractivity contribution in [3.63, 3.8) is 0 Å². The lowest BCUT2D eigenvalue weighted by molar-refractivity contribution is -0.133. The van der Waals surface area contributed by atoms with Crippen molar-refractivity contribution < 1.29 is 19.2 Å². The number of amides is 2. The highest BCUT2D eigenvalue weighted by atomic mass is 35.5. The number of carbonyl (C=O) groups is 2. The zero-order valence-corrected chi connectivity index (χ0v) is 11.2. The van der Waals surface area contributed by atoms with Crippen LogP contribution in [0, 0.1) is 0 Å². The fourth-order valence-electron chi connectivity index (χ4n) is 1.19. The normalized spacial score (nSPS) is 10.0. The molecule has 2 N–H and O–H groups in total. The molecule has 0 aliphatic carbocycles. The highest BCUT2D eigenvalue weighted by Crippen LogP contribution is 2.14. The molecule has 0 saturated heterocycles. The number of ether oxygens (including phenoxy) is 1. The molecule has 0 aromatic heterocycles. The Morgan fingerprint density at radius 3 is 2.68 bits per heavy atom. The number of halogens is 1. The molecular weight excluding hydrogens is 272 g/mol. The predicted molar refractivity (Wildman–Crippen MR) is 69.8 cm³/mol. The maximum Gasteiger partial charge on any atom is 0.262 e. The van der Waals surface area contributed by atoms with Gasteiger partial charge in [-0.2, -0.15) is 0 Å². The van der Waals surface area contributed by atoms with Crippen LogP contribution in [0.1, 0.15) is 10.4 Å². The lowest BCUT2D eigenvalue weighted by atomic mass is 10.2. The first-order chi connectivity index (χ1) is 9.15. The number of benzene rings is 1. The second-order valence-electron chi connectivity index (χ2n) is 3.53. The Bertz CT molecular complexity index is 439. The third-order valence-electron chi connectivity index (χ3n) is 2.10. The number of rotatable bonds is 7. The molecule has 1 aromatic carbocycles. The van der Waals surface area contributed by atoms with Crippen molar-refractivity contribution in [2.75, 3.05) is 26.9 Å². The standard InChI is InChI=1S/C12H15ClN2O4/c1-18-6-7-19-15-11(16)8-14-12(17)9-4-2-3-5-10(9)13/h2-5H,6-8H2,1H3,(H,14,17)(H,15,16). The smallest absolute Gasteiger partial charge is 0.262 e. The highest BCUT2D eigenvalue weighted by molar-refractivity contribution is 6.33. The summed E-state index contributed by atoms with van der Waals surface area (Å²) in [6.07, 6.45) is 0. The van der Waals surface area contributed by atoms with Crippen LogP contribution in [0.3, 0.4) is 0 Å². The molecule has 6 nitrogen and oxygen atoms in total. The molecule has 19 heavy (non-hydrogen) atoms. The van der Waals surface area contributed by atoms with Gasteiger partial charge >= 0.3 is 0 Å². The molecule has 0 fully saturated rings. The molecule has 0 bridgehead atoms. The Morgan fingerprint density at radius 1 is 1.26 bits per heavy atom. The molecule has 0 atom stereocenters. The van der Waals surface area contributed by atoms with Crippen LogP contribution in [0.15, 0.2) is 24.3 Å². The summed E-state index contributed by atoms with van der Waals surface area (Å²) in [7, 11) is 1.52. The Morgan fingerprint density at radius 2 is 2.00 bits per heavy atom. The molecule has 0 heterocycles. The third-order valence-corrected chi connectivity index (χ3v) is 2.43. The summed E-state index contributed by atoms with van der Waals surface area (Å²) in [5, 5.41) is 2.76. The molecule has 0 saturated carbocycles. The number of hydrogen-bond acceptors (Lipinski definition) is 4. The molecule has 0 unspecified atom stereocenters. The Hall–Kier alpha value is -1.63. The van der Waals surface area contributed by atoms with E-state index in [0.717, 1.165) is 0 Å². The van der Waals surface area contributed by atoms with Crippen LogP contribution in [0.4, 0.5) is 0 Å². The van der Waals surface area contributed by atoms with Gasteiger partial charge in [0.15, 0.2) is 0 Å². The summed E-state index contributed by atoms with van der Waals surface area (Å²) in [5.74, 6) is -0.880. The first kappa shape index (κ1) is 15.4. The Kier molecular flexibility index (Phi) is 6.88. The highest BCUT2D eigenvalue weighted by Gasteiger charge is 2.10. The van der Waals surface area contributed by atoms with Gasteiger partial charge in [-0.1, -0.05) is 23.7 Å². The van der Waals surface area contributed by atoms with E-state index in [9.17, 15) is 9.59 Å². The first-order valence-electron chi connectivity index (χ1n) is 5.57. The molecule has 1 rings (SSSR count). The molecular formula is C12H15ClN2O4. The fourth-order valence-corrected chi connectivity index (χ4v) is 1.42. The van der Waals surface area contributed by atoms with Crippen LogP contribution in [-0.4, -0.2) is 38.7 Å². The SMILES string of the molecule is COCCONC(=O)CNC(=O)c1ccccc1Cl. The molecule has 0 radical (unpaired) electrons. The maximum atomic E-state index is 11.7. The summed E-state index contributed by atoms with van der Waals surface area (Å²) in [6.45, 7) is 0.407. The van der Waals surface area contributed by atoms with Gasteiger partial charge in [-0.3, -0.25) is 14.4 Å². The minimum absolute atomic E-state index is 0.197. The fraction of sp³-hybridized carbons (Fsp3) is 0.333. The van der Waals surface area contributed by atoms with Gasteiger partial charge in [-0.15, -0.1) is 0 Å². The van der Waals surface area contributed by atoms with Crippen molar-refractivity contribution in [3.8, 4) is 0 Å². The van der Waals surface area contributed by atoms with Crippen LogP contribution >= 0.6 is 11.6 Å². The summed E-state index contributed by atoms with van der Waals surface area (Å²) in [5.41, 5.74) is 2.49. The van der Waals surface area contributed by atoms with Gasteiger partial charge in [0.05, 0.1) is 30.3 Å². The summed E-state index contributed by atoms with van der Waals surface area (Å²) < 4.78 is 4.73. The zero-order valence-electron chi connectivity index (χ0n) is 10.4. The van der Waals surface area contributed by atoms with Gasteiger partial charge in [-0.05, 0) is 12.1 Å². The minimum atomic E-state index is -0.462. The van der Waals surface area contributed by atoms with Gasteiger partial charge < -0.3 is 10.1 Å². The maximum absolute atomic E-state index is 11.7. The quantitative estimate of drug-likeness (QED) is 0.573. The van der Waals surface area contributed by atoms with Gasteiger partial charge in [0.1, 0.15) is 0 Å². The molecule has 1 aromatic rings. The number of methoxy groups -OCH3 is 1. The van der Waals surface area contributed by atoms with E-state index in [4.69, 9.17) is 21.2 Å². The van der Waals surface area contributed by atoms with E-state index in [0.29, 0.717) is 17.2 Å². The van der Waals surface area contributed by atoms with Crippen molar-refractivity contribution in [2.24, 2.45) is 0 Å². The largest absolute Gasteiger partial charge is 0.382 e. The van der Waals surface area contributed by atoms with Gasteiger partial charge in [-0.25, -0.2) is 5.48 Å². The van der Waals surface area contributed by atoms with Gasteiger partial charge in [0.2, 0.25) is 0 Å². The van der Waals surface area contributed by atoms with Crippen LogP contribution in [0.25, 0.3) is 0 Å². The average molecular weight is 287 g/mol. The Labute approximate surface area is 116 Å². The van der Waals surface area contributed by atoms with E-state index >= 15 is 0 Å². The number of carbonyl (C=O) groups excluding carboxylic acids is 2.